The van der Waals surface area contributed by atoms with Crippen LogP contribution in [0.3, 0.4) is 0 Å². The van der Waals surface area contributed by atoms with E-state index in [0.29, 0.717) is 36.2 Å². The highest BCUT2D eigenvalue weighted by molar-refractivity contribution is 6.38. The lowest BCUT2D eigenvalue weighted by Gasteiger charge is -2.36. The smallest absolute Gasteiger partial charge is 0.317 e. The summed E-state index contributed by atoms with van der Waals surface area (Å²) in [4.78, 5) is 20.0. The van der Waals surface area contributed by atoms with E-state index in [0.717, 1.165) is 31.5 Å². The predicted molar refractivity (Wildman–Crippen MR) is 91.0 cm³/mol. The van der Waals surface area contributed by atoms with Gasteiger partial charge in [-0.05, 0) is 6.42 Å². The maximum atomic E-state index is 12.1. The third-order valence-electron chi connectivity index (χ3n) is 3.77. The quantitative estimate of drug-likeness (QED) is 0.832. The fraction of sp³-hybridized carbons (Fsp3) is 0.600. The summed E-state index contributed by atoms with van der Waals surface area (Å²) in [6, 6.07) is 0.0164. The van der Waals surface area contributed by atoms with Gasteiger partial charge in [0.1, 0.15) is 0 Å². The van der Waals surface area contributed by atoms with Gasteiger partial charge in [0.2, 0.25) is 0 Å². The lowest BCUT2D eigenvalue weighted by molar-refractivity contribution is 0.194. The highest BCUT2D eigenvalue weighted by Gasteiger charge is 2.23. The van der Waals surface area contributed by atoms with Gasteiger partial charge in [0.05, 0.1) is 15.7 Å². The third kappa shape index (κ3) is 4.40. The van der Waals surface area contributed by atoms with Gasteiger partial charge >= 0.3 is 6.03 Å². The Morgan fingerprint density at radius 1 is 1.18 bits per heavy atom. The molecular weight excluding hydrogens is 323 g/mol. The molecule has 1 aliphatic rings. The Bertz CT molecular complexity index is 484. The van der Waals surface area contributed by atoms with Crippen molar-refractivity contribution in [1.29, 1.82) is 0 Å². The van der Waals surface area contributed by atoms with Gasteiger partial charge in [-0.2, -0.15) is 0 Å². The minimum Gasteiger partial charge on any atom is -0.365 e. The monoisotopic (exact) mass is 344 g/mol. The van der Waals surface area contributed by atoms with Crippen molar-refractivity contribution in [3.05, 3.63) is 22.4 Å². The summed E-state index contributed by atoms with van der Waals surface area (Å²) in [6.07, 6.45) is 6.52. The summed E-state index contributed by atoms with van der Waals surface area (Å²) < 4.78 is 0. The molecule has 5 nitrogen and oxygen atoms in total. The molecule has 2 rings (SSSR count). The number of aromatic nitrogens is 1. The molecular formula is C15H22Cl2N4O. The van der Waals surface area contributed by atoms with Crippen molar-refractivity contribution in [1.82, 2.24) is 15.2 Å². The van der Waals surface area contributed by atoms with E-state index in [-0.39, 0.29) is 6.03 Å². The van der Waals surface area contributed by atoms with Gasteiger partial charge in [0, 0.05) is 45.1 Å². The zero-order chi connectivity index (χ0) is 15.9. The Hall–Kier alpha value is -1.20. The Balaban J connectivity index is 1.84. The number of rotatable bonds is 5. The minimum atomic E-state index is 0.0164. The van der Waals surface area contributed by atoms with Gasteiger partial charge in [-0.1, -0.05) is 43.0 Å². The lowest BCUT2D eigenvalue weighted by atomic mass is 10.2. The van der Waals surface area contributed by atoms with E-state index >= 15 is 0 Å². The zero-order valence-electron chi connectivity index (χ0n) is 12.8. The number of unbranched alkanes of at least 4 members (excludes halogenated alkanes) is 2. The normalized spacial score (nSPS) is 15.0. The molecule has 7 heteroatoms. The Morgan fingerprint density at radius 2 is 1.82 bits per heavy atom. The van der Waals surface area contributed by atoms with Crippen LogP contribution in [0.4, 0.5) is 10.5 Å². The van der Waals surface area contributed by atoms with Crippen LogP contribution in [0.1, 0.15) is 26.2 Å². The molecule has 1 N–H and O–H groups in total. The first kappa shape index (κ1) is 17.2. The summed E-state index contributed by atoms with van der Waals surface area (Å²) in [5.41, 5.74) is 0.807. The molecule has 1 fully saturated rings. The van der Waals surface area contributed by atoms with E-state index in [1.54, 1.807) is 12.4 Å². The van der Waals surface area contributed by atoms with Crippen molar-refractivity contribution in [2.24, 2.45) is 0 Å². The first-order valence-corrected chi connectivity index (χ1v) is 8.45. The molecule has 0 unspecified atom stereocenters. The van der Waals surface area contributed by atoms with Gasteiger partial charge in [-0.15, -0.1) is 0 Å². The molecule has 2 heterocycles. The van der Waals surface area contributed by atoms with Crippen molar-refractivity contribution in [2.75, 3.05) is 37.6 Å². The fourth-order valence-electron chi connectivity index (χ4n) is 2.52. The SMILES string of the molecule is CCCCCNC(=O)N1CCN(c2c(Cl)cncc2Cl)CC1. The van der Waals surface area contributed by atoms with E-state index < -0.39 is 0 Å². The topological polar surface area (TPSA) is 48.5 Å². The number of amides is 2. The molecule has 0 bridgehead atoms. The molecule has 1 aromatic heterocycles. The third-order valence-corrected chi connectivity index (χ3v) is 4.32. The second-order valence-corrected chi connectivity index (χ2v) is 6.18. The van der Waals surface area contributed by atoms with Crippen LogP contribution < -0.4 is 10.2 Å². The van der Waals surface area contributed by atoms with E-state index in [2.05, 4.69) is 22.1 Å². The number of piperazine rings is 1. The summed E-state index contributed by atoms with van der Waals surface area (Å²) in [5.74, 6) is 0. The van der Waals surface area contributed by atoms with Gasteiger partial charge in [-0.3, -0.25) is 4.98 Å². The number of nitrogens with one attached hydrogen (secondary N) is 1. The summed E-state index contributed by atoms with van der Waals surface area (Å²) >= 11 is 12.4. The van der Waals surface area contributed by atoms with Crippen LogP contribution in [0.25, 0.3) is 0 Å². The second kappa shape index (κ2) is 8.44. The number of pyridine rings is 1. The number of carbonyl (C=O) groups excluding carboxylic acids is 1. The van der Waals surface area contributed by atoms with Crippen molar-refractivity contribution in [3.63, 3.8) is 0 Å². The maximum Gasteiger partial charge on any atom is 0.317 e. The van der Waals surface area contributed by atoms with Crippen LogP contribution in [0.15, 0.2) is 12.4 Å². The first-order valence-electron chi connectivity index (χ1n) is 7.70. The number of urea groups is 1. The maximum absolute atomic E-state index is 12.1. The number of hydrogen-bond acceptors (Lipinski definition) is 3. The predicted octanol–water partition coefficient (Wildman–Crippen LogP) is 3.41. The van der Waals surface area contributed by atoms with Gasteiger partial charge in [0.15, 0.2) is 0 Å². The van der Waals surface area contributed by atoms with Crippen LogP contribution in [0.5, 0.6) is 0 Å². The molecule has 0 radical (unpaired) electrons. The number of hydrogen-bond donors (Lipinski definition) is 1. The van der Waals surface area contributed by atoms with Crippen LogP contribution >= 0.6 is 23.2 Å². The van der Waals surface area contributed by atoms with E-state index in [1.165, 1.54) is 0 Å². The van der Waals surface area contributed by atoms with Crippen LogP contribution in [0.2, 0.25) is 10.0 Å². The zero-order valence-corrected chi connectivity index (χ0v) is 14.3. The molecule has 0 aliphatic carbocycles. The summed E-state index contributed by atoms with van der Waals surface area (Å²) in [5, 5.41) is 4.06. The summed E-state index contributed by atoms with van der Waals surface area (Å²) in [7, 11) is 0. The highest BCUT2D eigenvalue weighted by atomic mass is 35.5. The molecule has 0 spiro atoms. The van der Waals surface area contributed by atoms with E-state index in [4.69, 9.17) is 23.2 Å². The minimum absolute atomic E-state index is 0.0164. The van der Waals surface area contributed by atoms with Crippen molar-refractivity contribution in [3.8, 4) is 0 Å². The molecule has 2 amide bonds. The number of halogens is 2. The van der Waals surface area contributed by atoms with Gasteiger partial charge in [-0.25, -0.2) is 4.79 Å². The molecule has 0 aromatic carbocycles. The standard InChI is InChI=1S/C15H22Cl2N4O/c1-2-3-4-5-19-15(22)21-8-6-20(7-9-21)14-12(16)10-18-11-13(14)17/h10-11H,2-9H2,1H3,(H,19,22). The molecule has 0 atom stereocenters. The largest absolute Gasteiger partial charge is 0.365 e. The van der Waals surface area contributed by atoms with Gasteiger partial charge < -0.3 is 15.1 Å². The molecule has 1 saturated heterocycles. The highest BCUT2D eigenvalue weighted by Crippen LogP contribution is 2.32. The van der Waals surface area contributed by atoms with Crippen LogP contribution in [-0.4, -0.2) is 48.6 Å². The average molecular weight is 345 g/mol. The molecule has 22 heavy (non-hydrogen) atoms. The Labute approximate surface area is 141 Å². The Morgan fingerprint density at radius 3 is 2.41 bits per heavy atom. The summed E-state index contributed by atoms with van der Waals surface area (Å²) in [6.45, 7) is 5.64. The fourth-order valence-corrected chi connectivity index (χ4v) is 3.13. The molecule has 1 aliphatic heterocycles. The van der Waals surface area contributed by atoms with Crippen LogP contribution in [0, 0.1) is 0 Å². The van der Waals surface area contributed by atoms with Gasteiger partial charge in [0.25, 0.3) is 0 Å². The average Bonchev–Trinajstić information content (AvgIpc) is 2.52. The first-order chi connectivity index (χ1) is 10.6. The van der Waals surface area contributed by atoms with Crippen LogP contribution in [-0.2, 0) is 0 Å². The number of carbonyl (C=O) groups is 1. The Kier molecular flexibility index (Phi) is 6.58. The van der Waals surface area contributed by atoms with Crippen molar-refractivity contribution >= 4 is 34.9 Å². The number of anilines is 1. The van der Waals surface area contributed by atoms with Crippen molar-refractivity contribution < 1.29 is 4.79 Å². The molecule has 122 valence electrons. The second-order valence-electron chi connectivity index (χ2n) is 5.36. The molecule has 0 saturated carbocycles. The lowest BCUT2D eigenvalue weighted by Crippen LogP contribution is -2.52. The van der Waals surface area contributed by atoms with Crippen molar-refractivity contribution in [2.45, 2.75) is 26.2 Å². The number of nitrogens with zero attached hydrogens (tertiary/aromatic N) is 3. The van der Waals surface area contributed by atoms with E-state index in [1.807, 2.05) is 4.90 Å². The molecule has 1 aromatic rings. The van der Waals surface area contributed by atoms with E-state index in [9.17, 15) is 4.79 Å².